The van der Waals surface area contributed by atoms with Gasteiger partial charge in [0.15, 0.2) is 11.5 Å². The normalized spacial score (nSPS) is 13.2. The van der Waals surface area contributed by atoms with Gasteiger partial charge in [-0.15, -0.1) is 0 Å². The Morgan fingerprint density at radius 2 is 1.64 bits per heavy atom. The monoisotopic (exact) mass is 337 g/mol. The van der Waals surface area contributed by atoms with Gasteiger partial charge in [0.25, 0.3) is 0 Å². The van der Waals surface area contributed by atoms with Crippen LogP contribution in [0.1, 0.15) is 11.1 Å². The van der Waals surface area contributed by atoms with Gasteiger partial charge in [-0.05, 0) is 48.4 Å². The summed E-state index contributed by atoms with van der Waals surface area (Å²) < 4.78 is 11.1. The van der Waals surface area contributed by atoms with Crippen LogP contribution in [-0.4, -0.2) is 19.8 Å². The third-order valence-electron chi connectivity index (χ3n) is 3.51. The molecule has 1 aliphatic heterocycles. The Labute approximate surface area is 140 Å². The highest BCUT2D eigenvalue weighted by atomic mass is 35.5. The van der Waals surface area contributed by atoms with Crippen molar-refractivity contribution < 1.29 is 9.47 Å². The molecule has 1 aliphatic rings. The second-order valence-corrected chi connectivity index (χ2v) is 5.97. The maximum atomic E-state index is 6.00. The highest BCUT2D eigenvalue weighted by molar-refractivity contribution is 6.42. The van der Waals surface area contributed by atoms with Crippen LogP contribution in [0.2, 0.25) is 10.0 Å². The first-order valence-corrected chi connectivity index (χ1v) is 8.01. The van der Waals surface area contributed by atoms with E-state index in [-0.39, 0.29) is 0 Å². The first kappa shape index (κ1) is 15.5. The van der Waals surface area contributed by atoms with Gasteiger partial charge in [-0.2, -0.15) is 0 Å². The van der Waals surface area contributed by atoms with Crippen LogP contribution in [0.5, 0.6) is 11.5 Å². The van der Waals surface area contributed by atoms with Gasteiger partial charge in [0.05, 0.1) is 10.0 Å². The second kappa shape index (κ2) is 7.23. The molecule has 0 spiro atoms. The van der Waals surface area contributed by atoms with Crippen LogP contribution in [-0.2, 0) is 13.0 Å². The predicted molar refractivity (Wildman–Crippen MR) is 89.3 cm³/mol. The van der Waals surface area contributed by atoms with E-state index in [9.17, 15) is 0 Å². The third-order valence-corrected chi connectivity index (χ3v) is 4.25. The van der Waals surface area contributed by atoms with Crippen molar-refractivity contribution in [1.82, 2.24) is 5.32 Å². The lowest BCUT2D eigenvalue weighted by atomic mass is 10.1. The summed E-state index contributed by atoms with van der Waals surface area (Å²) in [6.45, 7) is 2.88. The molecular weight excluding hydrogens is 321 g/mol. The number of halogens is 2. The molecule has 0 radical (unpaired) electrons. The predicted octanol–water partition coefficient (Wildman–Crippen LogP) is 4.10. The number of nitrogens with one attached hydrogen (secondary N) is 1. The van der Waals surface area contributed by atoms with E-state index in [0.717, 1.165) is 36.6 Å². The van der Waals surface area contributed by atoms with Crippen LogP contribution in [0.3, 0.4) is 0 Å². The summed E-state index contributed by atoms with van der Waals surface area (Å²) in [6.07, 6.45) is 0.929. The zero-order valence-electron chi connectivity index (χ0n) is 12.1. The highest BCUT2D eigenvalue weighted by Crippen LogP contribution is 2.30. The van der Waals surface area contributed by atoms with Gasteiger partial charge in [-0.25, -0.2) is 0 Å². The van der Waals surface area contributed by atoms with Gasteiger partial charge in [0, 0.05) is 6.54 Å². The number of fused-ring (bicyclic) bond motifs is 1. The number of benzene rings is 2. The van der Waals surface area contributed by atoms with Gasteiger partial charge in [0.2, 0.25) is 0 Å². The van der Waals surface area contributed by atoms with Crippen molar-refractivity contribution in [1.29, 1.82) is 0 Å². The molecule has 0 amide bonds. The van der Waals surface area contributed by atoms with Crippen LogP contribution in [0, 0.1) is 0 Å². The Morgan fingerprint density at radius 3 is 2.45 bits per heavy atom. The van der Waals surface area contributed by atoms with Crippen molar-refractivity contribution in [2.45, 2.75) is 13.0 Å². The van der Waals surface area contributed by atoms with Crippen LogP contribution in [0.15, 0.2) is 36.4 Å². The zero-order valence-corrected chi connectivity index (χ0v) is 13.6. The fourth-order valence-corrected chi connectivity index (χ4v) is 2.68. The van der Waals surface area contributed by atoms with E-state index in [1.165, 1.54) is 5.56 Å². The molecule has 3 nitrogen and oxygen atoms in total. The Bertz CT molecular complexity index is 661. The van der Waals surface area contributed by atoms with Gasteiger partial charge in [-0.3, -0.25) is 0 Å². The van der Waals surface area contributed by atoms with Crippen LogP contribution >= 0.6 is 23.2 Å². The summed E-state index contributed by atoms with van der Waals surface area (Å²) in [5.41, 5.74) is 2.35. The lowest BCUT2D eigenvalue weighted by Crippen LogP contribution is -2.18. The standard InChI is InChI=1S/C17H17Cl2NO2/c18-14-3-1-13(9-15(14)19)11-20-6-5-12-2-4-16-17(10-12)22-8-7-21-16/h1-4,9-10,20H,5-8,11H2. The topological polar surface area (TPSA) is 30.5 Å². The summed E-state index contributed by atoms with van der Waals surface area (Å²) >= 11 is 11.9. The molecule has 0 saturated heterocycles. The number of rotatable bonds is 5. The van der Waals surface area contributed by atoms with Crippen molar-refractivity contribution in [3.8, 4) is 11.5 Å². The van der Waals surface area contributed by atoms with Crippen molar-refractivity contribution >= 4 is 23.2 Å². The highest BCUT2D eigenvalue weighted by Gasteiger charge is 2.11. The Balaban J connectivity index is 1.49. The molecule has 2 aromatic carbocycles. The molecule has 1 N–H and O–H groups in total. The number of hydrogen-bond donors (Lipinski definition) is 1. The van der Waals surface area contributed by atoms with E-state index in [4.69, 9.17) is 32.7 Å². The van der Waals surface area contributed by atoms with E-state index >= 15 is 0 Å². The quantitative estimate of drug-likeness (QED) is 0.833. The summed E-state index contributed by atoms with van der Waals surface area (Å²) in [7, 11) is 0. The molecule has 116 valence electrons. The number of hydrogen-bond acceptors (Lipinski definition) is 3. The smallest absolute Gasteiger partial charge is 0.161 e. The molecule has 0 fully saturated rings. The fraction of sp³-hybridized carbons (Fsp3) is 0.294. The molecule has 22 heavy (non-hydrogen) atoms. The van der Waals surface area contributed by atoms with Gasteiger partial charge < -0.3 is 14.8 Å². The minimum Gasteiger partial charge on any atom is -0.486 e. The van der Waals surface area contributed by atoms with Crippen molar-refractivity contribution in [3.63, 3.8) is 0 Å². The summed E-state index contributed by atoms with van der Waals surface area (Å²) in [6, 6.07) is 11.8. The molecule has 0 aliphatic carbocycles. The average Bonchev–Trinajstić information content (AvgIpc) is 2.54. The molecule has 0 atom stereocenters. The average molecular weight is 338 g/mol. The second-order valence-electron chi connectivity index (χ2n) is 5.15. The first-order valence-electron chi connectivity index (χ1n) is 7.25. The van der Waals surface area contributed by atoms with Crippen LogP contribution in [0.4, 0.5) is 0 Å². The molecule has 3 rings (SSSR count). The Kier molecular flexibility index (Phi) is 5.08. The van der Waals surface area contributed by atoms with Gasteiger partial charge >= 0.3 is 0 Å². The molecular formula is C17H17Cl2NO2. The van der Waals surface area contributed by atoms with Gasteiger partial charge in [0.1, 0.15) is 13.2 Å². The van der Waals surface area contributed by atoms with Crippen molar-refractivity contribution in [2.24, 2.45) is 0 Å². The van der Waals surface area contributed by atoms with Gasteiger partial charge in [-0.1, -0.05) is 35.3 Å². The minimum atomic E-state index is 0.585. The van der Waals surface area contributed by atoms with E-state index in [1.807, 2.05) is 24.3 Å². The SMILES string of the molecule is Clc1ccc(CNCCc2ccc3c(c2)OCCO3)cc1Cl. The fourth-order valence-electron chi connectivity index (χ4n) is 2.36. The maximum Gasteiger partial charge on any atom is 0.161 e. The summed E-state index contributed by atoms with van der Waals surface area (Å²) in [5.74, 6) is 1.67. The summed E-state index contributed by atoms with van der Waals surface area (Å²) in [4.78, 5) is 0. The van der Waals surface area contributed by atoms with E-state index < -0.39 is 0 Å². The van der Waals surface area contributed by atoms with Crippen molar-refractivity contribution in [3.05, 3.63) is 57.6 Å². The van der Waals surface area contributed by atoms with E-state index in [2.05, 4.69) is 17.4 Å². The third kappa shape index (κ3) is 3.86. The maximum absolute atomic E-state index is 6.00. The lowest BCUT2D eigenvalue weighted by molar-refractivity contribution is 0.171. The lowest BCUT2D eigenvalue weighted by Gasteiger charge is -2.18. The first-order chi connectivity index (χ1) is 10.7. The van der Waals surface area contributed by atoms with Crippen LogP contribution in [0.25, 0.3) is 0 Å². The molecule has 0 aromatic heterocycles. The van der Waals surface area contributed by atoms with E-state index in [0.29, 0.717) is 23.3 Å². The molecule has 5 heteroatoms. The molecule has 1 heterocycles. The Hall–Kier alpha value is -1.42. The molecule has 2 aromatic rings. The minimum absolute atomic E-state index is 0.585. The molecule has 0 saturated carbocycles. The van der Waals surface area contributed by atoms with Crippen molar-refractivity contribution in [2.75, 3.05) is 19.8 Å². The molecule has 0 unspecified atom stereocenters. The Morgan fingerprint density at radius 1 is 0.864 bits per heavy atom. The zero-order chi connectivity index (χ0) is 15.4. The number of ether oxygens (including phenoxy) is 2. The van der Waals surface area contributed by atoms with E-state index in [1.54, 1.807) is 0 Å². The summed E-state index contributed by atoms with van der Waals surface area (Å²) in [5, 5.41) is 4.58. The molecule has 0 bridgehead atoms. The largest absolute Gasteiger partial charge is 0.486 e. The van der Waals surface area contributed by atoms with Crippen LogP contribution < -0.4 is 14.8 Å².